The second kappa shape index (κ2) is 7.06. The molecule has 0 unspecified atom stereocenters. The molecular weight excluding hydrogens is 248 g/mol. The Morgan fingerprint density at radius 1 is 1.22 bits per heavy atom. The molecule has 0 aliphatic rings. The Morgan fingerprint density at radius 2 is 1.83 bits per heavy atom. The number of hydrogen-bond donors (Lipinski definition) is 2. The Bertz CT molecular complexity index is 422. The van der Waals surface area contributed by atoms with Gasteiger partial charge in [0, 0.05) is 18.3 Å². The topological polar surface area (TPSA) is 42.5 Å². The number of aryl methyl sites for hydroxylation is 1. The van der Waals surface area contributed by atoms with Crippen LogP contribution in [0.5, 0.6) is 11.5 Å². The van der Waals surface area contributed by atoms with Gasteiger partial charge in [0.05, 0.1) is 14.2 Å². The van der Waals surface area contributed by atoms with E-state index in [9.17, 15) is 0 Å². The Balaban J connectivity index is 2.85. The van der Waals surface area contributed by atoms with Crippen molar-refractivity contribution in [2.75, 3.05) is 26.1 Å². The predicted molar refractivity (Wildman–Crippen MR) is 78.8 cm³/mol. The summed E-state index contributed by atoms with van der Waals surface area (Å²) < 4.78 is 10.5. The highest BCUT2D eigenvalue weighted by atomic mass is 32.1. The van der Waals surface area contributed by atoms with E-state index in [1.807, 2.05) is 19.1 Å². The van der Waals surface area contributed by atoms with Crippen molar-refractivity contribution in [2.24, 2.45) is 0 Å². The number of methoxy groups -OCH3 is 2. The van der Waals surface area contributed by atoms with Crippen LogP contribution >= 0.6 is 12.2 Å². The normalized spacial score (nSPS) is 9.78. The zero-order chi connectivity index (χ0) is 13.5. The summed E-state index contributed by atoms with van der Waals surface area (Å²) in [6, 6.07) is 3.80. The Labute approximate surface area is 114 Å². The largest absolute Gasteiger partial charge is 0.493 e. The molecule has 1 rings (SSSR count). The van der Waals surface area contributed by atoms with E-state index in [4.69, 9.17) is 21.7 Å². The van der Waals surface area contributed by atoms with E-state index < -0.39 is 0 Å². The molecule has 0 spiro atoms. The minimum absolute atomic E-state index is 0.618. The molecule has 1 aromatic rings. The molecule has 0 aliphatic carbocycles. The van der Waals surface area contributed by atoms with E-state index in [-0.39, 0.29) is 0 Å². The van der Waals surface area contributed by atoms with Gasteiger partial charge >= 0.3 is 0 Å². The molecule has 1 aromatic carbocycles. The lowest BCUT2D eigenvalue weighted by atomic mass is 10.1. The highest BCUT2D eigenvalue weighted by Crippen LogP contribution is 2.32. The lowest BCUT2D eigenvalue weighted by Crippen LogP contribution is -2.29. The minimum Gasteiger partial charge on any atom is -0.493 e. The molecule has 100 valence electrons. The van der Waals surface area contributed by atoms with Crippen LogP contribution in [0.2, 0.25) is 0 Å². The molecular formula is C13H20N2O2S. The number of thiocarbonyl (C=S) groups is 1. The second-order valence-corrected chi connectivity index (χ2v) is 4.31. The van der Waals surface area contributed by atoms with Crippen LogP contribution in [0.4, 0.5) is 5.69 Å². The molecule has 0 amide bonds. The van der Waals surface area contributed by atoms with Crippen molar-refractivity contribution in [3.63, 3.8) is 0 Å². The molecule has 0 atom stereocenters. The van der Waals surface area contributed by atoms with Crippen molar-refractivity contribution in [1.82, 2.24) is 5.32 Å². The number of benzene rings is 1. The van der Waals surface area contributed by atoms with Crippen LogP contribution < -0.4 is 20.1 Å². The van der Waals surface area contributed by atoms with E-state index >= 15 is 0 Å². The smallest absolute Gasteiger partial charge is 0.170 e. The monoisotopic (exact) mass is 268 g/mol. The molecule has 0 radical (unpaired) electrons. The highest BCUT2D eigenvalue weighted by Gasteiger charge is 2.09. The molecule has 18 heavy (non-hydrogen) atoms. The molecule has 4 nitrogen and oxygen atoms in total. The van der Waals surface area contributed by atoms with Gasteiger partial charge in [-0.1, -0.05) is 6.92 Å². The maximum atomic E-state index is 5.27. The van der Waals surface area contributed by atoms with Crippen molar-refractivity contribution in [1.29, 1.82) is 0 Å². The summed E-state index contributed by atoms with van der Waals surface area (Å²) in [5, 5.41) is 6.90. The highest BCUT2D eigenvalue weighted by molar-refractivity contribution is 7.80. The number of rotatable bonds is 5. The van der Waals surface area contributed by atoms with Crippen LogP contribution in [0.15, 0.2) is 12.1 Å². The summed E-state index contributed by atoms with van der Waals surface area (Å²) in [4.78, 5) is 0. The molecule has 2 N–H and O–H groups in total. The van der Waals surface area contributed by atoms with E-state index in [0.29, 0.717) is 16.6 Å². The molecule has 0 saturated heterocycles. The van der Waals surface area contributed by atoms with Gasteiger partial charge in [-0.2, -0.15) is 0 Å². The number of hydrogen-bond acceptors (Lipinski definition) is 3. The summed E-state index contributed by atoms with van der Waals surface area (Å²) in [6.07, 6.45) is 1.03. The van der Waals surface area contributed by atoms with Crippen molar-refractivity contribution in [3.8, 4) is 11.5 Å². The van der Waals surface area contributed by atoms with E-state index in [1.165, 1.54) is 0 Å². The molecule has 0 aliphatic heterocycles. The van der Waals surface area contributed by atoms with Gasteiger partial charge in [0.25, 0.3) is 0 Å². The van der Waals surface area contributed by atoms with Crippen LogP contribution in [0, 0.1) is 6.92 Å². The van der Waals surface area contributed by atoms with Gasteiger partial charge in [0.2, 0.25) is 0 Å². The molecule has 0 fully saturated rings. The van der Waals surface area contributed by atoms with Gasteiger partial charge in [-0.3, -0.25) is 0 Å². The number of anilines is 1. The van der Waals surface area contributed by atoms with E-state index in [1.54, 1.807) is 14.2 Å². The first-order valence-corrected chi connectivity index (χ1v) is 6.30. The van der Waals surface area contributed by atoms with Crippen molar-refractivity contribution in [2.45, 2.75) is 20.3 Å². The Kier molecular flexibility index (Phi) is 5.71. The standard InChI is InChI=1S/C13H20N2O2S/c1-5-6-14-13(18)15-10-8-12(17-4)11(16-3)7-9(10)2/h7-8H,5-6H2,1-4H3,(H2,14,15,18). The van der Waals surface area contributed by atoms with Gasteiger partial charge in [-0.05, 0) is 37.2 Å². The quantitative estimate of drug-likeness (QED) is 0.804. The molecule has 0 saturated carbocycles. The summed E-state index contributed by atoms with van der Waals surface area (Å²) >= 11 is 5.21. The fourth-order valence-electron chi connectivity index (χ4n) is 1.52. The molecule has 0 bridgehead atoms. The maximum Gasteiger partial charge on any atom is 0.170 e. The van der Waals surface area contributed by atoms with Gasteiger partial charge < -0.3 is 20.1 Å². The first kappa shape index (κ1) is 14.6. The van der Waals surface area contributed by atoms with Crippen LogP contribution in [0.1, 0.15) is 18.9 Å². The van der Waals surface area contributed by atoms with Gasteiger partial charge in [-0.15, -0.1) is 0 Å². The first-order chi connectivity index (χ1) is 8.62. The fraction of sp³-hybridized carbons (Fsp3) is 0.462. The molecule has 5 heteroatoms. The second-order valence-electron chi connectivity index (χ2n) is 3.90. The van der Waals surface area contributed by atoms with Gasteiger partial charge in [0.1, 0.15) is 0 Å². The average Bonchev–Trinajstić information content (AvgIpc) is 2.38. The zero-order valence-corrected chi connectivity index (χ0v) is 12.1. The van der Waals surface area contributed by atoms with Gasteiger partial charge in [0.15, 0.2) is 16.6 Å². The van der Waals surface area contributed by atoms with Gasteiger partial charge in [-0.25, -0.2) is 0 Å². The number of ether oxygens (including phenoxy) is 2. The summed E-state index contributed by atoms with van der Waals surface area (Å²) in [7, 11) is 3.24. The lowest BCUT2D eigenvalue weighted by molar-refractivity contribution is 0.355. The first-order valence-electron chi connectivity index (χ1n) is 5.89. The predicted octanol–water partition coefficient (Wildman–Crippen LogP) is 2.71. The Hall–Kier alpha value is -1.49. The van der Waals surface area contributed by atoms with Crippen molar-refractivity contribution >= 4 is 23.0 Å². The van der Waals surface area contributed by atoms with Crippen LogP contribution in [-0.2, 0) is 0 Å². The summed E-state index contributed by atoms with van der Waals surface area (Å²) in [5.74, 6) is 1.40. The van der Waals surface area contributed by atoms with Crippen LogP contribution in [0.3, 0.4) is 0 Å². The van der Waals surface area contributed by atoms with E-state index in [0.717, 1.165) is 24.2 Å². The third-order valence-electron chi connectivity index (χ3n) is 2.51. The van der Waals surface area contributed by atoms with Crippen molar-refractivity contribution < 1.29 is 9.47 Å². The van der Waals surface area contributed by atoms with E-state index in [2.05, 4.69) is 17.6 Å². The summed E-state index contributed by atoms with van der Waals surface area (Å²) in [5.41, 5.74) is 1.97. The lowest BCUT2D eigenvalue weighted by Gasteiger charge is -2.15. The maximum absolute atomic E-state index is 5.27. The third-order valence-corrected chi connectivity index (χ3v) is 2.76. The zero-order valence-electron chi connectivity index (χ0n) is 11.3. The third kappa shape index (κ3) is 3.77. The number of nitrogens with one attached hydrogen (secondary N) is 2. The molecule has 0 aromatic heterocycles. The average molecular weight is 268 g/mol. The van der Waals surface area contributed by atoms with Crippen LogP contribution in [0.25, 0.3) is 0 Å². The van der Waals surface area contributed by atoms with Crippen molar-refractivity contribution in [3.05, 3.63) is 17.7 Å². The Morgan fingerprint density at radius 3 is 2.39 bits per heavy atom. The molecule has 0 heterocycles. The SMILES string of the molecule is CCCNC(=S)Nc1cc(OC)c(OC)cc1C. The fourth-order valence-corrected chi connectivity index (χ4v) is 1.73. The minimum atomic E-state index is 0.618. The summed E-state index contributed by atoms with van der Waals surface area (Å²) in [6.45, 7) is 4.95. The van der Waals surface area contributed by atoms with Crippen LogP contribution in [-0.4, -0.2) is 25.9 Å².